The first-order valence-electron chi connectivity index (χ1n) is 9.18. The summed E-state index contributed by atoms with van der Waals surface area (Å²) in [5.74, 6) is 0.595. The number of carboxylic acid groups (broad SMARTS) is 1. The minimum Gasteiger partial charge on any atom is -0.464 e. The Bertz CT molecular complexity index is 1190. The molecule has 1 fully saturated rings. The molecular weight excluding hydrogens is 410 g/mol. The zero-order valence-corrected chi connectivity index (χ0v) is 16.6. The third-order valence-corrected chi connectivity index (χ3v) is 4.78. The smallest absolute Gasteiger partial charge is 0.418 e. The van der Waals surface area contributed by atoms with Crippen LogP contribution in [-0.2, 0) is 4.74 Å². The zero-order chi connectivity index (χ0) is 19.8. The third-order valence-electron chi connectivity index (χ3n) is 4.78. The molecule has 1 saturated heterocycles. The molecule has 9 nitrogen and oxygen atoms in total. The molecule has 0 saturated carbocycles. The van der Waals surface area contributed by atoms with Crippen LogP contribution in [0.2, 0.25) is 0 Å². The van der Waals surface area contributed by atoms with Gasteiger partial charge in [-0.1, -0.05) is 18.2 Å². The standard InChI is InChI=1S/C20H17N5O4.ClH/c26-20(27)25(13-5-2-1-3-6-13)19-22-15-14-7-4-8-21-18(14)29-16(15)17(23-19)24-9-11-28-12-10-24;/h1-8H,9-12H2,(H,26,27);1H. The van der Waals surface area contributed by atoms with Gasteiger partial charge in [-0.25, -0.2) is 19.7 Å². The van der Waals surface area contributed by atoms with Crippen molar-refractivity contribution in [2.24, 2.45) is 0 Å². The molecule has 0 spiro atoms. The van der Waals surface area contributed by atoms with Crippen LogP contribution in [0.15, 0.2) is 53.1 Å². The number of furan rings is 1. The Balaban J connectivity index is 0.00000218. The molecule has 10 heteroatoms. The number of pyridine rings is 1. The number of carbonyl (C=O) groups is 1. The number of amides is 1. The Hall–Kier alpha value is -3.43. The first-order chi connectivity index (χ1) is 14.2. The summed E-state index contributed by atoms with van der Waals surface area (Å²) in [4.78, 5) is 28.6. The number of fused-ring (bicyclic) bond motifs is 3. The Kier molecular flexibility index (Phi) is 5.39. The number of ether oxygens (including phenoxy) is 1. The number of nitrogens with zero attached hydrogens (tertiary/aromatic N) is 5. The number of halogens is 1. The van der Waals surface area contributed by atoms with E-state index in [-0.39, 0.29) is 18.4 Å². The van der Waals surface area contributed by atoms with Gasteiger partial charge in [0, 0.05) is 19.3 Å². The number of para-hydroxylation sites is 1. The molecule has 4 heterocycles. The fourth-order valence-electron chi connectivity index (χ4n) is 3.43. The maximum absolute atomic E-state index is 12.1. The molecule has 1 aliphatic heterocycles. The molecule has 1 aliphatic rings. The molecule has 0 radical (unpaired) electrons. The highest BCUT2D eigenvalue weighted by Crippen LogP contribution is 2.35. The van der Waals surface area contributed by atoms with Gasteiger partial charge in [0.15, 0.2) is 11.4 Å². The summed E-state index contributed by atoms with van der Waals surface area (Å²) in [7, 11) is 0. The molecule has 0 atom stereocenters. The SMILES string of the molecule is Cl.O=C(O)N(c1ccccc1)c1nc(N2CCOCC2)c2oc3ncccc3c2n1. The predicted molar refractivity (Wildman–Crippen MR) is 114 cm³/mol. The number of benzene rings is 1. The molecule has 154 valence electrons. The van der Waals surface area contributed by atoms with E-state index in [0.29, 0.717) is 60.0 Å². The summed E-state index contributed by atoms with van der Waals surface area (Å²) in [5.41, 5.74) is 1.91. The van der Waals surface area contributed by atoms with Crippen molar-refractivity contribution in [1.82, 2.24) is 15.0 Å². The topological polar surface area (TPSA) is 105 Å². The highest BCUT2D eigenvalue weighted by Gasteiger charge is 2.27. The van der Waals surface area contributed by atoms with Crippen molar-refractivity contribution in [3.8, 4) is 0 Å². The van der Waals surface area contributed by atoms with Crippen molar-refractivity contribution >= 4 is 58.2 Å². The van der Waals surface area contributed by atoms with E-state index >= 15 is 0 Å². The lowest BCUT2D eigenvalue weighted by Crippen LogP contribution is -2.37. The van der Waals surface area contributed by atoms with Gasteiger partial charge in [-0.05, 0) is 24.3 Å². The summed E-state index contributed by atoms with van der Waals surface area (Å²) in [6.07, 6.45) is 0.468. The van der Waals surface area contributed by atoms with Gasteiger partial charge in [-0.15, -0.1) is 12.4 Å². The molecule has 5 rings (SSSR count). The van der Waals surface area contributed by atoms with Crippen LogP contribution in [0.1, 0.15) is 0 Å². The van der Waals surface area contributed by atoms with Crippen molar-refractivity contribution in [3.63, 3.8) is 0 Å². The monoisotopic (exact) mass is 427 g/mol. The van der Waals surface area contributed by atoms with Crippen molar-refractivity contribution in [1.29, 1.82) is 0 Å². The molecule has 1 aromatic carbocycles. The van der Waals surface area contributed by atoms with Gasteiger partial charge in [0.1, 0.15) is 5.52 Å². The number of hydrogen-bond donors (Lipinski definition) is 1. The van der Waals surface area contributed by atoms with Crippen LogP contribution in [0.25, 0.3) is 22.2 Å². The summed E-state index contributed by atoms with van der Waals surface area (Å²) in [5, 5.41) is 10.6. The quantitative estimate of drug-likeness (QED) is 0.525. The van der Waals surface area contributed by atoms with E-state index in [9.17, 15) is 9.90 Å². The summed E-state index contributed by atoms with van der Waals surface area (Å²) in [6, 6.07) is 12.4. The molecule has 0 aliphatic carbocycles. The summed E-state index contributed by atoms with van der Waals surface area (Å²) in [6.45, 7) is 2.35. The van der Waals surface area contributed by atoms with Gasteiger partial charge < -0.3 is 19.2 Å². The first kappa shape index (κ1) is 19.9. The average molecular weight is 428 g/mol. The van der Waals surface area contributed by atoms with E-state index in [1.807, 2.05) is 17.0 Å². The highest BCUT2D eigenvalue weighted by molar-refractivity contribution is 6.06. The van der Waals surface area contributed by atoms with Gasteiger partial charge in [-0.2, -0.15) is 4.98 Å². The summed E-state index contributed by atoms with van der Waals surface area (Å²) < 4.78 is 11.4. The van der Waals surface area contributed by atoms with Crippen LogP contribution in [0.3, 0.4) is 0 Å². The molecule has 3 aromatic heterocycles. The largest absolute Gasteiger partial charge is 0.464 e. The van der Waals surface area contributed by atoms with E-state index in [4.69, 9.17) is 9.15 Å². The van der Waals surface area contributed by atoms with Gasteiger partial charge in [0.25, 0.3) is 0 Å². The molecule has 30 heavy (non-hydrogen) atoms. The molecule has 0 unspecified atom stereocenters. The van der Waals surface area contributed by atoms with E-state index in [0.717, 1.165) is 4.90 Å². The Morgan fingerprint density at radius 1 is 1.07 bits per heavy atom. The van der Waals surface area contributed by atoms with Crippen LogP contribution in [0.4, 0.5) is 22.2 Å². The first-order valence-corrected chi connectivity index (χ1v) is 9.18. The number of aromatic nitrogens is 3. The average Bonchev–Trinajstić information content (AvgIpc) is 3.13. The second-order valence-electron chi connectivity index (χ2n) is 6.54. The van der Waals surface area contributed by atoms with Gasteiger partial charge >= 0.3 is 6.09 Å². The maximum Gasteiger partial charge on any atom is 0.418 e. The number of hydrogen-bond acceptors (Lipinski definition) is 7. The third kappa shape index (κ3) is 3.38. The van der Waals surface area contributed by atoms with Crippen molar-refractivity contribution in [2.75, 3.05) is 36.1 Å². The fraction of sp³-hybridized carbons (Fsp3) is 0.200. The lowest BCUT2D eigenvalue weighted by atomic mass is 10.2. The minimum absolute atomic E-state index is 0. The number of anilines is 3. The van der Waals surface area contributed by atoms with E-state index < -0.39 is 6.09 Å². The lowest BCUT2D eigenvalue weighted by Gasteiger charge is -2.28. The van der Waals surface area contributed by atoms with Crippen LogP contribution in [0, 0.1) is 0 Å². The van der Waals surface area contributed by atoms with E-state index in [1.54, 1.807) is 36.5 Å². The number of rotatable bonds is 3. The van der Waals surface area contributed by atoms with E-state index in [2.05, 4.69) is 15.0 Å². The van der Waals surface area contributed by atoms with Gasteiger partial charge in [-0.3, -0.25) is 0 Å². The second kappa shape index (κ2) is 8.13. The Morgan fingerprint density at radius 3 is 2.57 bits per heavy atom. The van der Waals surface area contributed by atoms with Crippen LogP contribution in [0.5, 0.6) is 0 Å². The maximum atomic E-state index is 12.1. The second-order valence-corrected chi connectivity index (χ2v) is 6.54. The van der Waals surface area contributed by atoms with E-state index in [1.165, 1.54) is 0 Å². The normalized spacial score (nSPS) is 13.9. The van der Waals surface area contributed by atoms with Crippen molar-refractivity contribution in [2.45, 2.75) is 0 Å². The zero-order valence-electron chi connectivity index (χ0n) is 15.8. The van der Waals surface area contributed by atoms with Crippen LogP contribution < -0.4 is 9.80 Å². The molecule has 4 aromatic rings. The minimum atomic E-state index is -1.17. The summed E-state index contributed by atoms with van der Waals surface area (Å²) >= 11 is 0. The number of morpholine rings is 1. The Morgan fingerprint density at radius 2 is 1.83 bits per heavy atom. The van der Waals surface area contributed by atoms with Crippen molar-refractivity contribution < 1.29 is 19.1 Å². The Labute approximate surface area is 177 Å². The fourth-order valence-corrected chi connectivity index (χ4v) is 3.43. The van der Waals surface area contributed by atoms with Crippen LogP contribution >= 0.6 is 12.4 Å². The predicted octanol–water partition coefficient (Wildman–Crippen LogP) is 3.85. The highest BCUT2D eigenvalue weighted by atomic mass is 35.5. The van der Waals surface area contributed by atoms with Gasteiger partial charge in [0.2, 0.25) is 11.7 Å². The van der Waals surface area contributed by atoms with Gasteiger partial charge in [0.05, 0.1) is 24.3 Å². The lowest BCUT2D eigenvalue weighted by molar-refractivity contribution is 0.122. The molecule has 0 bridgehead atoms. The van der Waals surface area contributed by atoms with Crippen LogP contribution in [-0.4, -0.2) is 52.5 Å². The molecular formula is C20H18ClN5O4. The molecule has 1 N–H and O–H groups in total. The van der Waals surface area contributed by atoms with Crippen molar-refractivity contribution in [3.05, 3.63) is 48.7 Å². The molecule has 1 amide bonds.